The van der Waals surface area contributed by atoms with Crippen LogP contribution in [0.25, 0.3) is 0 Å². The van der Waals surface area contributed by atoms with Crippen molar-refractivity contribution in [3.05, 3.63) is 41.5 Å². The van der Waals surface area contributed by atoms with E-state index in [4.69, 9.17) is 5.73 Å². The Bertz CT molecular complexity index is 988. The largest absolute Gasteiger partial charge is 0.416 e. The van der Waals surface area contributed by atoms with Crippen molar-refractivity contribution in [3.8, 4) is 0 Å². The summed E-state index contributed by atoms with van der Waals surface area (Å²) in [5.74, 6) is 0.212. The molecule has 2 unspecified atom stereocenters. The van der Waals surface area contributed by atoms with Gasteiger partial charge in [-0.3, -0.25) is 15.2 Å². The molecular formula is C23H30F3N5O. The van der Waals surface area contributed by atoms with Gasteiger partial charge in [-0.1, -0.05) is 32.9 Å². The molecule has 0 saturated carbocycles. The average molecular weight is 450 g/mol. The van der Waals surface area contributed by atoms with Crippen molar-refractivity contribution >= 4 is 28.9 Å². The lowest BCUT2D eigenvalue weighted by Crippen LogP contribution is -2.40. The molecule has 0 radical (unpaired) electrons. The van der Waals surface area contributed by atoms with Gasteiger partial charge >= 0.3 is 12.2 Å². The second-order valence-electron chi connectivity index (χ2n) is 9.13. The number of allylic oxidation sites excluding steroid dienone is 2. The highest BCUT2D eigenvalue weighted by molar-refractivity contribution is 6.18. The van der Waals surface area contributed by atoms with Gasteiger partial charge in [0.15, 0.2) is 0 Å². The molecule has 174 valence electrons. The van der Waals surface area contributed by atoms with Crippen LogP contribution in [-0.2, 0) is 0 Å². The maximum Gasteiger partial charge on any atom is 0.416 e. The third-order valence-corrected chi connectivity index (χ3v) is 5.93. The van der Waals surface area contributed by atoms with E-state index in [2.05, 4.69) is 15.6 Å². The minimum Gasteiger partial charge on any atom is -0.397 e. The SMILES string of the molecule is CNc1cc(N2C(=O)NC(=NC(C)C(C)(C)C)C2C2=CCCC=C2C(F)(F)F)ccc1N. The van der Waals surface area contributed by atoms with Gasteiger partial charge in [-0.05, 0) is 49.0 Å². The molecule has 9 heteroatoms. The molecule has 6 nitrogen and oxygen atoms in total. The Kier molecular flexibility index (Phi) is 6.31. The lowest BCUT2D eigenvalue weighted by atomic mass is 9.87. The highest BCUT2D eigenvalue weighted by Gasteiger charge is 2.47. The number of nitrogens with one attached hydrogen (secondary N) is 2. The Morgan fingerprint density at radius 2 is 1.88 bits per heavy atom. The van der Waals surface area contributed by atoms with Gasteiger partial charge in [-0.2, -0.15) is 13.2 Å². The predicted molar refractivity (Wildman–Crippen MR) is 123 cm³/mol. The summed E-state index contributed by atoms with van der Waals surface area (Å²) in [6.07, 6.45) is -1.03. The van der Waals surface area contributed by atoms with E-state index in [0.29, 0.717) is 29.9 Å². The predicted octanol–water partition coefficient (Wildman–Crippen LogP) is 5.25. The number of nitrogens with two attached hydrogens (primary N) is 1. The Labute approximate surface area is 186 Å². The van der Waals surface area contributed by atoms with E-state index >= 15 is 0 Å². The number of nitrogen functional groups attached to an aromatic ring is 1. The molecule has 1 aromatic rings. The van der Waals surface area contributed by atoms with Gasteiger partial charge in [0.25, 0.3) is 0 Å². The van der Waals surface area contributed by atoms with E-state index in [0.717, 1.165) is 0 Å². The Hall–Kier alpha value is -2.97. The number of carbonyl (C=O) groups is 1. The van der Waals surface area contributed by atoms with E-state index in [1.807, 2.05) is 27.7 Å². The van der Waals surface area contributed by atoms with Gasteiger partial charge in [-0.15, -0.1) is 0 Å². The number of amidine groups is 1. The number of urea groups is 1. The molecule has 1 aromatic carbocycles. The molecule has 1 aliphatic heterocycles. The molecule has 0 bridgehead atoms. The first-order valence-electron chi connectivity index (χ1n) is 10.6. The summed E-state index contributed by atoms with van der Waals surface area (Å²) in [5, 5.41) is 5.67. The number of halogens is 3. The Balaban J connectivity index is 2.18. The maximum atomic E-state index is 13.9. The number of anilines is 3. The second-order valence-corrected chi connectivity index (χ2v) is 9.13. The summed E-state index contributed by atoms with van der Waals surface area (Å²) in [6.45, 7) is 7.86. The summed E-state index contributed by atoms with van der Waals surface area (Å²) >= 11 is 0. The van der Waals surface area contributed by atoms with Crippen LogP contribution in [-0.4, -0.2) is 37.2 Å². The van der Waals surface area contributed by atoms with Crippen LogP contribution in [0.2, 0.25) is 0 Å². The van der Waals surface area contributed by atoms with Crippen LogP contribution >= 0.6 is 0 Å². The molecule has 4 N–H and O–H groups in total. The van der Waals surface area contributed by atoms with Crippen LogP contribution < -0.4 is 21.3 Å². The van der Waals surface area contributed by atoms with Crippen LogP contribution in [0, 0.1) is 5.41 Å². The molecule has 3 rings (SSSR count). The normalized spacial score (nSPS) is 21.9. The number of hydrogen-bond donors (Lipinski definition) is 3. The van der Waals surface area contributed by atoms with E-state index in [-0.39, 0.29) is 22.9 Å². The van der Waals surface area contributed by atoms with Crippen molar-refractivity contribution in [1.29, 1.82) is 0 Å². The number of rotatable bonds is 4. The van der Waals surface area contributed by atoms with E-state index in [1.54, 1.807) is 31.3 Å². The third-order valence-electron chi connectivity index (χ3n) is 5.93. The number of aliphatic imine (C=N–C) groups is 1. The molecule has 1 aliphatic carbocycles. The molecule has 0 aromatic heterocycles. The van der Waals surface area contributed by atoms with E-state index in [9.17, 15) is 18.0 Å². The summed E-state index contributed by atoms with van der Waals surface area (Å²) in [4.78, 5) is 19.1. The van der Waals surface area contributed by atoms with Crippen molar-refractivity contribution < 1.29 is 18.0 Å². The van der Waals surface area contributed by atoms with Crippen LogP contribution in [0.15, 0.2) is 46.5 Å². The standard InChI is InChI=1S/C23H30F3N5O/c1-13(22(2,3)4)29-20-19(15-8-6-7-9-16(15)23(24,25)26)31(21(32)30-20)14-10-11-17(27)18(12-14)28-5/h8-13,19,28H,6-7,27H2,1-5H3,(H,29,30,32). The van der Waals surface area contributed by atoms with Gasteiger partial charge in [0.1, 0.15) is 11.9 Å². The summed E-state index contributed by atoms with van der Waals surface area (Å²) in [6, 6.07) is 3.11. The number of hydrogen-bond acceptors (Lipinski definition) is 4. The number of amides is 2. The van der Waals surface area contributed by atoms with Gasteiger partial charge in [0, 0.05) is 12.7 Å². The minimum absolute atomic E-state index is 0.0322. The fourth-order valence-electron chi connectivity index (χ4n) is 3.68. The van der Waals surface area contributed by atoms with Gasteiger partial charge in [-0.25, -0.2) is 4.79 Å². The highest BCUT2D eigenvalue weighted by atomic mass is 19.4. The van der Waals surface area contributed by atoms with Crippen molar-refractivity contribution in [2.45, 2.75) is 58.8 Å². The van der Waals surface area contributed by atoms with Gasteiger partial charge in [0.2, 0.25) is 0 Å². The number of nitrogens with zero attached hydrogens (tertiary/aromatic N) is 2. The first-order valence-corrected chi connectivity index (χ1v) is 10.6. The third kappa shape index (κ3) is 4.61. The lowest BCUT2D eigenvalue weighted by Gasteiger charge is -2.31. The van der Waals surface area contributed by atoms with E-state index < -0.39 is 23.8 Å². The molecule has 2 atom stereocenters. The van der Waals surface area contributed by atoms with Crippen molar-refractivity contribution in [1.82, 2.24) is 5.32 Å². The number of alkyl halides is 3. The molecular weight excluding hydrogens is 419 g/mol. The molecule has 2 amide bonds. The second kappa shape index (κ2) is 8.52. The van der Waals surface area contributed by atoms with Crippen LogP contribution in [0.4, 0.5) is 35.0 Å². The fraction of sp³-hybridized carbons (Fsp3) is 0.478. The topological polar surface area (TPSA) is 82.8 Å². The fourth-order valence-corrected chi connectivity index (χ4v) is 3.68. The van der Waals surface area contributed by atoms with Crippen LogP contribution in [0.1, 0.15) is 40.5 Å². The molecule has 1 saturated heterocycles. The highest BCUT2D eigenvalue weighted by Crippen LogP contribution is 2.40. The van der Waals surface area contributed by atoms with Crippen molar-refractivity contribution in [2.75, 3.05) is 23.0 Å². The quantitative estimate of drug-likeness (QED) is 0.549. The maximum absolute atomic E-state index is 13.9. The van der Waals surface area contributed by atoms with Gasteiger partial charge in [0.05, 0.1) is 23.0 Å². The number of benzene rings is 1. The zero-order valence-electron chi connectivity index (χ0n) is 19.0. The average Bonchev–Trinajstić information content (AvgIpc) is 3.02. The zero-order valence-corrected chi connectivity index (χ0v) is 19.0. The smallest absolute Gasteiger partial charge is 0.397 e. The minimum atomic E-state index is -4.54. The van der Waals surface area contributed by atoms with Crippen LogP contribution in [0.5, 0.6) is 0 Å². The van der Waals surface area contributed by atoms with Crippen molar-refractivity contribution in [3.63, 3.8) is 0 Å². The summed E-state index contributed by atoms with van der Waals surface area (Å²) < 4.78 is 41.8. The summed E-state index contributed by atoms with van der Waals surface area (Å²) in [5.41, 5.74) is 6.49. The zero-order chi connectivity index (χ0) is 23.8. The Morgan fingerprint density at radius 1 is 1.22 bits per heavy atom. The van der Waals surface area contributed by atoms with Crippen LogP contribution in [0.3, 0.4) is 0 Å². The van der Waals surface area contributed by atoms with Crippen molar-refractivity contribution in [2.24, 2.45) is 10.4 Å². The monoisotopic (exact) mass is 449 g/mol. The summed E-state index contributed by atoms with van der Waals surface area (Å²) in [7, 11) is 1.68. The first kappa shape index (κ1) is 23.7. The first-order chi connectivity index (χ1) is 14.8. The molecule has 2 aliphatic rings. The molecule has 1 fully saturated rings. The molecule has 0 spiro atoms. The molecule has 32 heavy (non-hydrogen) atoms. The lowest BCUT2D eigenvalue weighted by molar-refractivity contribution is -0.0900. The molecule has 1 heterocycles. The van der Waals surface area contributed by atoms with Gasteiger partial charge < -0.3 is 11.1 Å². The number of carbonyl (C=O) groups excluding carboxylic acids is 1. The Morgan fingerprint density at radius 3 is 2.47 bits per heavy atom. The van der Waals surface area contributed by atoms with E-state index in [1.165, 1.54) is 11.0 Å².